The number of benzene rings is 1. The van der Waals surface area contributed by atoms with Crippen LogP contribution in [0.5, 0.6) is 0 Å². The molecule has 1 aromatic carbocycles. The Balaban J connectivity index is 2.14. The Labute approximate surface area is 90.6 Å². The van der Waals surface area contributed by atoms with Crippen LogP contribution in [0.15, 0.2) is 30.3 Å². The van der Waals surface area contributed by atoms with E-state index < -0.39 is 9.84 Å². The molecule has 1 unspecified atom stereocenters. The van der Waals surface area contributed by atoms with Crippen molar-refractivity contribution in [2.24, 2.45) is 0 Å². The van der Waals surface area contributed by atoms with E-state index >= 15 is 0 Å². The number of sulfone groups is 1. The Morgan fingerprint density at radius 3 is 2.47 bits per heavy atom. The Morgan fingerprint density at radius 1 is 1.27 bits per heavy atom. The molecule has 1 aliphatic rings. The van der Waals surface area contributed by atoms with Crippen molar-refractivity contribution in [2.75, 3.05) is 23.5 Å². The summed E-state index contributed by atoms with van der Waals surface area (Å²) in [6, 6.07) is 10.0. The zero-order valence-electron chi connectivity index (χ0n) is 8.76. The van der Waals surface area contributed by atoms with Gasteiger partial charge in [0.25, 0.3) is 0 Å². The van der Waals surface area contributed by atoms with Gasteiger partial charge in [0.1, 0.15) is 0 Å². The number of rotatable bonds is 2. The zero-order chi connectivity index (χ0) is 10.9. The molecule has 1 saturated heterocycles. The van der Waals surface area contributed by atoms with Crippen LogP contribution in [0.4, 0.5) is 5.69 Å². The van der Waals surface area contributed by atoms with Gasteiger partial charge >= 0.3 is 0 Å². The zero-order valence-corrected chi connectivity index (χ0v) is 9.57. The second-order valence-electron chi connectivity index (χ2n) is 4.00. The van der Waals surface area contributed by atoms with Crippen molar-refractivity contribution in [1.82, 2.24) is 0 Å². The van der Waals surface area contributed by atoms with Crippen molar-refractivity contribution < 1.29 is 8.42 Å². The number of para-hydroxylation sites is 1. The third-order valence-corrected chi connectivity index (χ3v) is 4.67. The fourth-order valence-corrected chi connectivity index (χ4v) is 3.73. The summed E-state index contributed by atoms with van der Waals surface area (Å²) in [5.41, 5.74) is 1.08. The van der Waals surface area contributed by atoms with E-state index in [1.165, 1.54) is 0 Å². The summed E-state index contributed by atoms with van der Waals surface area (Å²) in [6.07, 6.45) is 0.744. The normalized spacial score (nSPS) is 23.9. The maximum atomic E-state index is 11.4. The van der Waals surface area contributed by atoms with Crippen LogP contribution in [0.2, 0.25) is 0 Å². The minimum absolute atomic E-state index is 0.136. The predicted molar refractivity (Wildman–Crippen MR) is 61.9 cm³/mol. The first-order valence-corrected chi connectivity index (χ1v) is 6.89. The first kappa shape index (κ1) is 10.5. The van der Waals surface area contributed by atoms with Crippen LogP contribution in [-0.4, -0.2) is 33.0 Å². The highest BCUT2D eigenvalue weighted by Gasteiger charge is 2.30. The van der Waals surface area contributed by atoms with Crippen LogP contribution in [0.1, 0.15) is 6.42 Å². The number of anilines is 1. The highest BCUT2D eigenvalue weighted by atomic mass is 32.2. The van der Waals surface area contributed by atoms with E-state index in [4.69, 9.17) is 0 Å². The second-order valence-corrected chi connectivity index (χ2v) is 6.23. The first-order valence-electron chi connectivity index (χ1n) is 5.07. The van der Waals surface area contributed by atoms with Crippen LogP contribution >= 0.6 is 0 Å². The van der Waals surface area contributed by atoms with E-state index in [1.807, 2.05) is 37.4 Å². The largest absolute Gasteiger partial charge is 0.371 e. The molecule has 3 nitrogen and oxygen atoms in total. The van der Waals surface area contributed by atoms with Crippen molar-refractivity contribution in [2.45, 2.75) is 12.5 Å². The predicted octanol–water partition coefficient (Wildman–Crippen LogP) is 1.31. The van der Waals surface area contributed by atoms with Gasteiger partial charge < -0.3 is 4.90 Å². The minimum atomic E-state index is -2.79. The van der Waals surface area contributed by atoms with E-state index in [9.17, 15) is 8.42 Å². The molecule has 0 radical (unpaired) electrons. The maximum Gasteiger partial charge on any atom is 0.152 e. The highest BCUT2D eigenvalue weighted by molar-refractivity contribution is 7.91. The monoisotopic (exact) mass is 225 g/mol. The number of nitrogens with zero attached hydrogens (tertiary/aromatic N) is 1. The fourth-order valence-electron chi connectivity index (χ4n) is 1.95. The lowest BCUT2D eigenvalue weighted by atomic mass is 10.2. The first-order chi connectivity index (χ1) is 7.08. The van der Waals surface area contributed by atoms with Crippen LogP contribution in [-0.2, 0) is 9.84 Å². The fraction of sp³-hybridized carbons (Fsp3) is 0.455. The van der Waals surface area contributed by atoms with E-state index in [0.717, 1.165) is 12.1 Å². The summed E-state index contributed by atoms with van der Waals surface area (Å²) in [6.45, 7) is 0. The van der Waals surface area contributed by atoms with Gasteiger partial charge in [-0.25, -0.2) is 8.42 Å². The van der Waals surface area contributed by atoms with Gasteiger partial charge in [-0.1, -0.05) is 18.2 Å². The molecule has 82 valence electrons. The molecular formula is C11H15NO2S. The van der Waals surface area contributed by atoms with E-state index in [-0.39, 0.29) is 6.04 Å². The summed E-state index contributed by atoms with van der Waals surface area (Å²) in [7, 11) is -0.831. The third kappa shape index (κ3) is 2.31. The number of hydrogen-bond donors (Lipinski definition) is 0. The van der Waals surface area contributed by atoms with Crippen LogP contribution in [0.3, 0.4) is 0 Å². The summed E-state index contributed by atoms with van der Waals surface area (Å²) < 4.78 is 22.7. The molecule has 1 fully saturated rings. The molecule has 15 heavy (non-hydrogen) atoms. The molecule has 0 aliphatic carbocycles. The number of hydrogen-bond acceptors (Lipinski definition) is 3. The quantitative estimate of drug-likeness (QED) is 0.761. The van der Waals surface area contributed by atoms with Crippen molar-refractivity contribution in [1.29, 1.82) is 0 Å². The molecule has 1 aliphatic heterocycles. The van der Waals surface area contributed by atoms with Crippen LogP contribution in [0.25, 0.3) is 0 Å². The van der Waals surface area contributed by atoms with Crippen molar-refractivity contribution in [3.05, 3.63) is 30.3 Å². The van der Waals surface area contributed by atoms with Crippen LogP contribution in [0, 0.1) is 0 Å². The van der Waals surface area contributed by atoms with Gasteiger partial charge in [0.05, 0.1) is 11.5 Å². The lowest BCUT2D eigenvalue weighted by Gasteiger charge is -2.25. The van der Waals surface area contributed by atoms with Crippen LogP contribution < -0.4 is 4.90 Å². The highest BCUT2D eigenvalue weighted by Crippen LogP contribution is 2.22. The van der Waals surface area contributed by atoms with Gasteiger partial charge in [-0.3, -0.25) is 0 Å². The van der Waals surface area contributed by atoms with Gasteiger partial charge in [0.2, 0.25) is 0 Å². The van der Waals surface area contributed by atoms with Crippen molar-refractivity contribution >= 4 is 15.5 Å². The smallest absolute Gasteiger partial charge is 0.152 e. The Bertz CT molecular complexity index is 427. The molecule has 0 N–H and O–H groups in total. The molecule has 1 heterocycles. The molecule has 2 rings (SSSR count). The van der Waals surface area contributed by atoms with Gasteiger partial charge in [-0.2, -0.15) is 0 Å². The topological polar surface area (TPSA) is 37.4 Å². The van der Waals surface area contributed by atoms with Gasteiger partial charge in [0.15, 0.2) is 9.84 Å². The maximum absolute atomic E-state index is 11.4. The Hall–Kier alpha value is -1.03. The van der Waals surface area contributed by atoms with Gasteiger partial charge in [0, 0.05) is 18.8 Å². The SMILES string of the molecule is CN(c1ccccc1)C1CCS(=O)(=O)C1. The van der Waals surface area contributed by atoms with E-state index in [2.05, 4.69) is 4.90 Å². The Morgan fingerprint density at radius 2 is 1.93 bits per heavy atom. The standard InChI is InChI=1S/C11H15NO2S/c1-12(10-5-3-2-4-6-10)11-7-8-15(13,14)9-11/h2-6,11H,7-9H2,1H3. The molecule has 0 bridgehead atoms. The average Bonchev–Trinajstić information content (AvgIpc) is 2.59. The molecule has 0 aromatic heterocycles. The molecular weight excluding hydrogens is 210 g/mol. The van der Waals surface area contributed by atoms with E-state index in [0.29, 0.717) is 11.5 Å². The average molecular weight is 225 g/mol. The summed E-state index contributed by atoms with van der Waals surface area (Å²) in [4.78, 5) is 2.06. The molecule has 0 spiro atoms. The lowest BCUT2D eigenvalue weighted by molar-refractivity contribution is 0.601. The summed E-state index contributed by atoms with van der Waals surface area (Å²) in [5.74, 6) is 0.618. The van der Waals surface area contributed by atoms with Crippen molar-refractivity contribution in [3.8, 4) is 0 Å². The second kappa shape index (κ2) is 3.85. The third-order valence-electron chi connectivity index (χ3n) is 2.92. The van der Waals surface area contributed by atoms with Gasteiger partial charge in [-0.05, 0) is 18.6 Å². The van der Waals surface area contributed by atoms with Gasteiger partial charge in [-0.15, -0.1) is 0 Å². The summed E-state index contributed by atoms with van der Waals surface area (Å²) in [5, 5.41) is 0. The minimum Gasteiger partial charge on any atom is -0.371 e. The van der Waals surface area contributed by atoms with E-state index in [1.54, 1.807) is 0 Å². The molecule has 0 saturated carbocycles. The van der Waals surface area contributed by atoms with Crippen molar-refractivity contribution in [3.63, 3.8) is 0 Å². The lowest BCUT2D eigenvalue weighted by Crippen LogP contribution is -2.32. The Kier molecular flexibility index (Phi) is 2.69. The molecule has 0 amide bonds. The molecule has 1 aromatic rings. The summed E-state index contributed by atoms with van der Waals surface area (Å²) >= 11 is 0. The molecule has 1 atom stereocenters. The molecule has 4 heteroatoms.